The van der Waals surface area contributed by atoms with Gasteiger partial charge in [0.25, 0.3) is 0 Å². The molecule has 186 valence electrons. The van der Waals surface area contributed by atoms with Gasteiger partial charge < -0.3 is 20.2 Å². The molecule has 0 atom stereocenters. The molecule has 3 N–H and O–H groups in total. The molecule has 0 aliphatic carbocycles. The Bertz CT molecular complexity index is 1450. The van der Waals surface area contributed by atoms with Gasteiger partial charge in [0.2, 0.25) is 0 Å². The first-order chi connectivity index (χ1) is 18.0. The maximum absolute atomic E-state index is 12.5. The number of carbonyl (C=O) groups is 1. The number of carbonyl (C=O) groups excluding carboxylic acids is 1. The first-order valence-corrected chi connectivity index (χ1v) is 11.9. The van der Waals surface area contributed by atoms with E-state index >= 15 is 0 Å². The van der Waals surface area contributed by atoms with Crippen LogP contribution in [0, 0.1) is 18.3 Å². The van der Waals surface area contributed by atoms with Gasteiger partial charge in [0.15, 0.2) is 5.82 Å². The minimum Gasteiger partial charge on any atom is -0.508 e. The van der Waals surface area contributed by atoms with Gasteiger partial charge >= 0.3 is 6.03 Å². The summed E-state index contributed by atoms with van der Waals surface area (Å²) >= 11 is 0. The van der Waals surface area contributed by atoms with Gasteiger partial charge in [-0.05, 0) is 49.4 Å². The molecule has 0 saturated carbocycles. The third-order valence-electron chi connectivity index (χ3n) is 6.22. The van der Waals surface area contributed by atoms with Crippen molar-refractivity contribution in [3.8, 4) is 17.5 Å². The van der Waals surface area contributed by atoms with Crippen molar-refractivity contribution in [1.82, 2.24) is 15.0 Å². The zero-order chi connectivity index (χ0) is 25.8. The van der Waals surface area contributed by atoms with Gasteiger partial charge in [0.05, 0.1) is 23.1 Å². The molecule has 1 fully saturated rings. The van der Waals surface area contributed by atoms with Crippen molar-refractivity contribution in [3.05, 3.63) is 84.1 Å². The Hall–Kier alpha value is -5.04. The molecule has 0 spiro atoms. The molecule has 0 bridgehead atoms. The van der Waals surface area contributed by atoms with E-state index in [4.69, 9.17) is 0 Å². The number of amides is 2. The molecule has 2 heterocycles. The fraction of sp³-hybridized carbons (Fsp3) is 0.185. The van der Waals surface area contributed by atoms with Crippen LogP contribution in [-0.4, -0.2) is 52.3 Å². The molecule has 10 heteroatoms. The number of rotatable bonds is 5. The van der Waals surface area contributed by atoms with E-state index in [9.17, 15) is 15.2 Å². The molecule has 1 aliphatic heterocycles. The largest absolute Gasteiger partial charge is 0.508 e. The van der Waals surface area contributed by atoms with Crippen LogP contribution < -0.4 is 20.4 Å². The van der Waals surface area contributed by atoms with Gasteiger partial charge in [0.1, 0.15) is 11.8 Å². The van der Waals surface area contributed by atoms with Crippen LogP contribution in [0.3, 0.4) is 0 Å². The van der Waals surface area contributed by atoms with E-state index in [2.05, 4.69) is 36.8 Å². The van der Waals surface area contributed by atoms with Crippen molar-refractivity contribution in [2.45, 2.75) is 6.92 Å². The van der Waals surface area contributed by atoms with Crippen molar-refractivity contribution >= 4 is 28.9 Å². The number of piperazine rings is 1. The quantitative estimate of drug-likeness (QED) is 0.381. The Morgan fingerprint density at radius 1 is 0.946 bits per heavy atom. The van der Waals surface area contributed by atoms with Gasteiger partial charge in [-0.2, -0.15) is 5.26 Å². The second kappa shape index (κ2) is 10.3. The van der Waals surface area contributed by atoms with Crippen LogP contribution in [0.1, 0.15) is 11.1 Å². The molecule has 3 aromatic carbocycles. The first kappa shape index (κ1) is 23.7. The first-order valence-electron chi connectivity index (χ1n) is 11.9. The summed E-state index contributed by atoms with van der Waals surface area (Å²) in [6.45, 7) is 4.99. The summed E-state index contributed by atoms with van der Waals surface area (Å²) in [5, 5.41) is 33.0. The number of nitrogens with zero attached hydrogens (tertiary/aromatic N) is 6. The van der Waals surface area contributed by atoms with Crippen molar-refractivity contribution in [1.29, 1.82) is 5.26 Å². The normalized spacial score (nSPS) is 13.2. The molecule has 37 heavy (non-hydrogen) atoms. The molecule has 1 aromatic heterocycles. The third kappa shape index (κ3) is 5.46. The van der Waals surface area contributed by atoms with Crippen LogP contribution in [-0.2, 0) is 0 Å². The SMILES string of the molecule is Cc1ccc(-n2cc(NC(=O)Nc3ccc(N4CCN(c5cccc(O)c5)CC4)c(C#N)c3)nn2)cc1. The fourth-order valence-corrected chi connectivity index (χ4v) is 4.30. The van der Waals surface area contributed by atoms with Gasteiger partial charge in [0, 0.05) is 43.6 Å². The molecule has 0 unspecified atom stereocenters. The lowest BCUT2D eigenvalue weighted by Crippen LogP contribution is -2.46. The molecule has 2 amide bonds. The summed E-state index contributed by atoms with van der Waals surface area (Å²) in [7, 11) is 0. The number of hydrogen-bond acceptors (Lipinski definition) is 7. The third-order valence-corrected chi connectivity index (χ3v) is 6.22. The Morgan fingerprint density at radius 3 is 2.43 bits per heavy atom. The monoisotopic (exact) mass is 494 g/mol. The van der Waals surface area contributed by atoms with E-state index in [0.29, 0.717) is 17.1 Å². The average molecular weight is 495 g/mol. The summed E-state index contributed by atoms with van der Waals surface area (Å²) in [6, 6.07) is 22.1. The number of aromatic nitrogens is 3. The second-order valence-electron chi connectivity index (χ2n) is 8.80. The molecule has 4 aromatic rings. The van der Waals surface area contributed by atoms with Gasteiger partial charge in [-0.3, -0.25) is 5.32 Å². The van der Waals surface area contributed by atoms with E-state index in [1.807, 2.05) is 49.4 Å². The number of nitriles is 1. The van der Waals surface area contributed by atoms with Crippen LogP contribution >= 0.6 is 0 Å². The number of phenols is 1. The lowest BCUT2D eigenvalue weighted by molar-refractivity contribution is 0.262. The summed E-state index contributed by atoms with van der Waals surface area (Å²) in [5.41, 5.74) is 4.76. The number of aryl methyl sites for hydroxylation is 1. The number of anilines is 4. The summed E-state index contributed by atoms with van der Waals surface area (Å²) < 4.78 is 1.58. The van der Waals surface area contributed by atoms with Gasteiger partial charge in [-0.15, -0.1) is 5.10 Å². The average Bonchev–Trinajstić information content (AvgIpc) is 3.37. The van der Waals surface area contributed by atoms with Crippen molar-refractivity contribution < 1.29 is 9.90 Å². The van der Waals surface area contributed by atoms with E-state index in [0.717, 1.165) is 48.8 Å². The highest BCUT2D eigenvalue weighted by atomic mass is 16.3. The zero-order valence-electron chi connectivity index (χ0n) is 20.3. The van der Waals surface area contributed by atoms with Crippen LogP contribution in [0.25, 0.3) is 5.69 Å². The number of phenolic OH excluding ortho intramolecular Hbond substituents is 1. The molecular weight excluding hydrogens is 468 g/mol. The molecule has 0 radical (unpaired) electrons. The number of benzene rings is 3. The highest BCUT2D eigenvalue weighted by molar-refractivity contribution is 5.99. The van der Waals surface area contributed by atoms with Crippen LogP contribution in [0.15, 0.2) is 72.9 Å². The van der Waals surface area contributed by atoms with Gasteiger partial charge in [-0.25, -0.2) is 9.48 Å². The van der Waals surface area contributed by atoms with Crippen LogP contribution in [0.2, 0.25) is 0 Å². The Balaban J connectivity index is 1.20. The fourth-order valence-electron chi connectivity index (χ4n) is 4.30. The Kier molecular flexibility index (Phi) is 6.59. The second-order valence-corrected chi connectivity index (χ2v) is 8.80. The summed E-state index contributed by atoms with van der Waals surface area (Å²) in [5.74, 6) is 0.550. The molecule has 1 saturated heterocycles. The standard InChI is InChI=1S/C27H26N8O2/c1-19-5-8-22(9-6-19)35-18-26(31-32-35)30-27(37)29-21-7-10-25(20(15-21)17-28)34-13-11-33(12-14-34)23-3-2-4-24(36)16-23/h2-10,15-16,18,36H,11-14H2,1H3,(H2,29,30,37). The number of urea groups is 1. The number of aromatic hydroxyl groups is 1. The molecule has 10 nitrogen and oxygen atoms in total. The van der Waals surface area contributed by atoms with E-state index in [1.165, 1.54) is 0 Å². The number of nitrogens with one attached hydrogen (secondary N) is 2. The van der Waals surface area contributed by atoms with E-state index in [1.54, 1.807) is 35.1 Å². The highest BCUT2D eigenvalue weighted by Gasteiger charge is 2.20. The molecular formula is C27H26N8O2. The minimum atomic E-state index is -0.479. The zero-order valence-corrected chi connectivity index (χ0v) is 20.3. The molecule has 5 rings (SSSR count). The van der Waals surface area contributed by atoms with Crippen molar-refractivity contribution in [2.75, 3.05) is 46.6 Å². The Morgan fingerprint density at radius 2 is 1.70 bits per heavy atom. The van der Waals surface area contributed by atoms with E-state index in [-0.39, 0.29) is 5.75 Å². The lowest BCUT2D eigenvalue weighted by atomic mass is 10.1. The van der Waals surface area contributed by atoms with Crippen LogP contribution in [0.5, 0.6) is 5.75 Å². The minimum absolute atomic E-state index is 0.245. The van der Waals surface area contributed by atoms with Crippen molar-refractivity contribution in [3.63, 3.8) is 0 Å². The van der Waals surface area contributed by atoms with Crippen LogP contribution in [0.4, 0.5) is 27.7 Å². The summed E-state index contributed by atoms with van der Waals surface area (Å²) in [4.78, 5) is 16.9. The maximum atomic E-state index is 12.5. The molecule has 1 aliphatic rings. The number of hydrogen-bond donors (Lipinski definition) is 3. The van der Waals surface area contributed by atoms with Crippen molar-refractivity contribution in [2.24, 2.45) is 0 Å². The Labute approximate surface area is 214 Å². The summed E-state index contributed by atoms with van der Waals surface area (Å²) in [6.07, 6.45) is 1.63. The predicted molar refractivity (Wildman–Crippen MR) is 142 cm³/mol. The lowest BCUT2D eigenvalue weighted by Gasteiger charge is -2.37. The predicted octanol–water partition coefficient (Wildman–Crippen LogP) is 4.12. The van der Waals surface area contributed by atoms with E-state index < -0.39 is 6.03 Å². The highest BCUT2D eigenvalue weighted by Crippen LogP contribution is 2.27. The maximum Gasteiger partial charge on any atom is 0.324 e. The topological polar surface area (TPSA) is 122 Å². The smallest absolute Gasteiger partial charge is 0.324 e. The van der Waals surface area contributed by atoms with Gasteiger partial charge in [-0.1, -0.05) is 29.0 Å².